The average molecular weight is 306 g/mol. The van der Waals surface area contributed by atoms with Crippen LogP contribution in [-0.2, 0) is 6.42 Å². The van der Waals surface area contributed by atoms with E-state index >= 15 is 0 Å². The number of alkyl halides is 3. The molecule has 1 unspecified atom stereocenters. The number of rotatable bonds is 2. The number of aromatic amines is 1. The van der Waals surface area contributed by atoms with E-state index in [-0.39, 0.29) is 12.6 Å². The standard InChI is InChI=1S/C17H17F3N2/c18-17(19,20)6-8-22-7-2-4-12-13-3-1-5-14-16(13)11(10-21-14)9-15(12)22/h1,3-5,10,15,21H,2,6-9H2. The highest BCUT2D eigenvalue weighted by Crippen LogP contribution is 2.40. The Morgan fingerprint density at radius 1 is 1.27 bits per heavy atom. The van der Waals surface area contributed by atoms with E-state index < -0.39 is 12.6 Å². The first-order valence-electron chi connectivity index (χ1n) is 7.63. The first-order valence-corrected chi connectivity index (χ1v) is 7.63. The number of halogens is 3. The van der Waals surface area contributed by atoms with Gasteiger partial charge in [0, 0.05) is 36.2 Å². The van der Waals surface area contributed by atoms with Crippen LogP contribution < -0.4 is 0 Å². The van der Waals surface area contributed by atoms with Crippen molar-refractivity contribution in [1.82, 2.24) is 9.88 Å². The normalized spacial score (nSPS) is 21.8. The second-order valence-corrected chi connectivity index (χ2v) is 6.11. The Morgan fingerprint density at radius 3 is 2.95 bits per heavy atom. The van der Waals surface area contributed by atoms with E-state index in [1.54, 1.807) is 0 Å². The van der Waals surface area contributed by atoms with Gasteiger partial charge in [0.05, 0.1) is 6.42 Å². The Kier molecular flexibility index (Phi) is 3.08. The van der Waals surface area contributed by atoms with Crippen LogP contribution in [0.2, 0.25) is 0 Å². The molecule has 2 aromatic rings. The van der Waals surface area contributed by atoms with Gasteiger partial charge in [-0.1, -0.05) is 18.2 Å². The lowest BCUT2D eigenvalue weighted by Crippen LogP contribution is -2.43. The molecular formula is C17H17F3N2. The van der Waals surface area contributed by atoms with Gasteiger partial charge in [-0.05, 0) is 35.6 Å². The summed E-state index contributed by atoms with van der Waals surface area (Å²) in [5.74, 6) is 0. The molecule has 116 valence electrons. The van der Waals surface area contributed by atoms with Crippen molar-refractivity contribution < 1.29 is 13.2 Å². The molecule has 0 radical (unpaired) electrons. The lowest BCUT2D eigenvalue weighted by atomic mass is 9.81. The Bertz CT molecular complexity index is 742. The van der Waals surface area contributed by atoms with Crippen molar-refractivity contribution in [3.8, 4) is 0 Å². The summed E-state index contributed by atoms with van der Waals surface area (Å²) in [6.07, 6.45) is 0.998. The van der Waals surface area contributed by atoms with Gasteiger partial charge in [0.15, 0.2) is 0 Å². The first kappa shape index (κ1) is 13.9. The van der Waals surface area contributed by atoms with Gasteiger partial charge in [-0.25, -0.2) is 0 Å². The van der Waals surface area contributed by atoms with Crippen LogP contribution in [0.4, 0.5) is 13.2 Å². The lowest BCUT2D eigenvalue weighted by Gasteiger charge is -2.39. The van der Waals surface area contributed by atoms with Crippen LogP contribution in [0.1, 0.15) is 24.0 Å². The molecule has 5 heteroatoms. The van der Waals surface area contributed by atoms with Gasteiger partial charge in [-0.3, -0.25) is 4.90 Å². The zero-order valence-corrected chi connectivity index (χ0v) is 12.1. The van der Waals surface area contributed by atoms with E-state index in [1.165, 1.54) is 22.1 Å². The Labute approximate surface area is 126 Å². The van der Waals surface area contributed by atoms with Gasteiger partial charge < -0.3 is 4.98 Å². The number of hydrogen-bond donors (Lipinski definition) is 1. The van der Waals surface area contributed by atoms with Crippen molar-refractivity contribution in [2.75, 3.05) is 13.1 Å². The summed E-state index contributed by atoms with van der Waals surface area (Å²) in [7, 11) is 0. The van der Waals surface area contributed by atoms with E-state index in [4.69, 9.17) is 0 Å². The van der Waals surface area contributed by atoms with E-state index in [0.717, 1.165) is 18.4 Å². The molecule has 1 aliphatic carbocycles. The van der Waals surface area contributed by atoms with Crippen molar-refractivity contribution >= 4 is 16.5 Å². The minimum absolute atomic E-state index is 0.0741. The number of hydrogen-bond acceptors (Lipinski definition) is 1. The lowest BCUT2D eigenvalue weighted by molar-refractivity contribution is -0.138. The molecule has 22 heavy (non-hydrogen) atoms. The Morgan fingerprint density at radius 2 is 2.14 bits per heavy atom. The molecule has 0 spiro atoms. The largest absolute Gasteiger partial charge is 0.390 e. The van der Waals surface area contributed by atoms with E-state index in [0.29, 0.717) is 6.54 Å². The molecule has 2 heterocycles. The number of nitrogens with one attached hydrogen (secondary N) is 1. The van der Waals surface area contributed by atoms with Crippen LogP contribution in [0.25, 0.3) is 16.5 Å². The quantitative estimate of drug-likeness (QED) is 0.883. The summed E-state index contributed by atoms with van der Waals surface area (Å²) < 4.78 is 37.7. The summed E-state index contributed by atoms with van der Waals surface area (Å²) in [5, 5.41) is 1.24. The predicted molar refractivity (Wildman–Crippen MR) is 80.6 cm³/mol. The number of fused-ring (bicyclic) bond motifs is 2. The monoisotopic (exact) mass is 306 g/mol. The van der Waals surface area contributed by atoms with Gasteiger partial charge in [0.2, 0.25) is 0 Å². The highest BCUT2D eigenvalue weighted by Gasteiger charge is 2.35. The molecule has 2 aliphatic rings. The molecule has 2 nitrogen and oxygen atoms in total. The van der Waals surface area contributed by atoms with Crippen molar-refractivity contribution in [2.45, 2.75) is 31.5 Å². The van der Waals surface area contributed by atoms with Crippen molar-refractivity contribution in [3.63, 3.8) is 0 Å². The third-order valence-electron chi connectivity index (χ3n) is 4.77. The van der Waals surface area contributed by atoms with Gasteiger partial charge in [-0.2, -0.15) is 13.2 Å². The minimum Gasteiger partial charge on any atom is -0.361 e. The molecule has 1 N–H and O–H groups in total. The van der Waals surface area contributed by atoms with Crippen LogP contribution in [0, 0.1) is 0 Å². The van der Waals surface area contributed by atoms with Gasteiger partial charge >= 0.3 is 6.18 Å². The van der Waals surface area contributed by atoms with Crippen molar-refractivity contribution in [1.29, 1.82) is 0 Å². The van der Waals surface area contributed by atoms with Crippen LogP contribution in [-0.4, -0.2) is 35.2 Å². The number of aromatic nitrogens is 1. The summed E-state index contributed by atoms with van der Waals surface area (Å²) in [6.45, 7) is 0.793. The molecule has 0 fully saturated rings. The fraction of sp³-hybridized carbons (Fsp3) is 0.412. The molecule has 0 amide bonds. The fourth-order valence-electron chi connectivity index (χ4n) is 3.81. The SMILES string of the molecule is FC(F)(F)CCN1CCC=C2c3cccc4[nH]cc(c34)CC21. The smallest absolute Gasteiger partial charge is 0.361 e. The maximum Gasteiger partial charge on any atom is 0.390 e. The highest BCUT2D eigenvalue weighted by atomic mass is 19.4. The molecule has 1 aliphatic heterocycles. The molecule has 1 atom stereocenters. The van der Waals surface area contributed by atoms with Crippen LogP contribution >= 0.6 is 0 Å². The van der Waals surface area contributed by atoms with E-state index in [1.807, 2.05) is 23.2 Å². The molecule has 0 saturated heterocycles. The first-order chi connectivity index (χ1) is 10.5. The van der Waals surface area contributed by atoms with E-state index in [9.17, 15) is 13.2 Å². The molecule has 4 rings (SSSR count). The van der Waals surface area contributed by atoms with Crippen LogP contribution in [0.3, 0.4) is 0 Å². The zero-order valence-electron chi connectivity index (χ0n) is 12.1. The number of benzene rings is 1. The van der Waals surface area contributed by atoms with E-state index in [2.05, 4.69) is 17.1 Å². The molecule has 1 aromatic heterocycles. The summed E-state index contributed by atoms with van der Waals surface area (Å²) in [5.41, 5.74) is 4.71. The summed E-state index contributed by atoms with van der Waals surface area (Å²) >= 11 is 0. The second kappa shape index (κ2) is 4.88. The van der Waals surface area contributed by atoms with Gasteiger partial charge in [-0.15, -0.1) is 0 Å². The Hall–Kier alpha value is -1.75. The zero-order chi connectivity index (χ0) is 15.3. The van der Waals surface area contributed by atoms with Gasteiger partial charge in [0.25, 0.3) is 0 Å². The summed E-state index contributed by atoms with van der Waals surface area (Å²) in [6, 6.07) is 6.22. The van der Waals surface area contributed by atoms with Crippen LogP contribution in [0.15, 0.2) is 30.5 Å². The Balaban J connectivity index is 1.69. The number of H-pyrrole nitrogens is 1. The third-order valence-corrected chi connectivity index (χ3v) is 4.77. The topological polar surface area (TPSA) is 19.0 Å². The van der Waals surface area contributed by atoms with Crippen molar-refractivity contribution in [2.24, 2.45) is 0 Å². The maximum atomic E-state index is 12.6. The highest BCUT2D eigenvalue weighted by molar-refractivity contribution is 5.98. The molecule has 0 bridgehead atoms. The molecule has 1 aromatic carbocycles. The third kappa shape index (κ3) is 2.24. The average Bonchev–Trinajstić information content (AvgIpc) is 2.89. The van der Waals surface area contributed by atoms with Crippen LogP contribution in [0.5, 0.6) is 0 Å². The number of nitrogens with zero attached hydrogens (tertiary/aromatic N) is 1. The fourth-order valence-corrected chi connectivity index (χ4v) is 3.81. The van der Waals surface area contributed by atoms with Crippen molar-refractivity contribution in [3.05, 3.63) is 41.6 Å². The predicted octanol–water partition coefficient (Wildman–Crippen LogP) is 4.13. The minimum atomic E-state index is -4.09. The summed E-state index contributed by atoms with van der Waals surface area (Å²) in [4.78, 5) is 5.27. The maximum absolute atomic E-state index is 12.6. The second-order valence-electron chi connectivity index (χ2n) is 6.11. The molecule has 0 saturated carbocycles. The van der Waals surface area contributed by atoms with Gasteiger partial charge in [0.1, 0.15) is 0 Å². The molecular weight excluding hydrogens is 289 g/mol.